The number of nitriles is 1. The highest BCUT2D eigenvalue weighted by atomic mass is 32.2. The predicted octanol–water partition coefficient (Wildman–Crippen LogP) is 4.06. The third-order valence-electron chi connectivity index (χ3n) is 4.71. The molecule has 4 rings (SSSR count). The number of nitrogens with one attached hydrogen (secondary N) is 2. The molecule has 0 saturated carbocycles. The van der Waals surface area contributed by atoms with E-state index in [2.05, 4.69) is 37.6 Å². The number of amides is 1. The Hall–Kier alpha value is -3.61. The summed E-state index contributed by atoms with van der Waals surface area (Å²) < 4.78 is 5.41. The molecule has 1 amide bonds. The number of hydrogen-bond acceptors (Lipinski definition) is 8. The molecule has 2 N–H and O–H groups in total. The minimum Gasteiger partial charge on any atom is -0.378 e. The Labute approximate surface area is 190 Å². The first-order chi connectivity index (χ1) is 15.7. The van der Waals surface area contributed by atoms with Gasteiger partial charge in [0.05, 0.1) is 19.3 Å². The van der Waals surface area contributed by atoms with Crippen LogP contribution in [0.2, 0.25) is 0 Å². The first-order valence-electron chi connectivity index (χ1n) is 10.2. The zero-order valence-corrected chi connectivity index (χ0v) is 18.1. The lowest BCUT2D eigenvalue weighted by atomic mass is 10.2. The molecule has 0 atom stereocenters. The Morgan fingerprint density at radius 1 is 1.12 bits per heavy atom. The molecular weight excluding hydrogens is 424 g/mol. The van der Waals surface area contributed by atoms with Crippen LogP contribution < -0.4 is 15.5 Å². The molecular formula is C23H22N6O2S. The van der Waals surface area contributed by atoms with Gasteiger partial charge < -0.3 is 20.3 Å². The molecule has 3 aromatic rings. The smallest absolute Gasteiger partial charge is 0.238 e. The third-order valence-corrected chi connectivity index (χ3v) is 5.64. The van der Waals surface area contributed by atoms with E-state index in [1.54, 1.807) is 12.3 Å². The molecule has 162 valence electrons. The fourth-order valence-corrected chi connectivity index (χ4v) is 4.04. The second-order valence-corrected chi connectivity index (χ2v) is 8.10. The molecule has 8 nitrogen and oxygen atoms in total. The highest BCUT2D eigenvalue weighted by Crippen LogP contribution is 2.29. The van der Waals surface area contributed by atoms with Gasteiger partial charge in [-0.2, -0.15) is 5.26 Å². The number of benzene rings is 2. The van der Waals surface area contributed by atoms with Crippen molar-refractivity contribution in [3.8, 4) is 6.07 Å². The van der Waals surface area contributed by atoms with Crippen LogP contribution in [0.15, 0.2) is 70.7 Å². The van der Waals surface area contributed by atoms with Crippen molar-refractivity contribution in [2.75, 3.05) is 41.8 Å². The lowest BCUT2D eigenvalue weighted by Gasteiger charge is -2.28. The van der Waals surface area contributed by atoms with Crippen molar-refractivity contribution in [1.29, 1.82) is 5.26 Å². The Balaban J connectivity index is 1.39. The first kappa shape index (κ1) is 21.6. The molecule has 1 aliphatic heterocycles. The van der Waals surface area contributed by atoms with E-state index in [9.17, 15) is 4.79 Å². The number of nitrogens with zero attached hydrogens (tertiary/aromatic N) is 4. The quantitative estimate of drug-likeness (QED) is 0.524. The summed E-state index contributed by atoms with van der Waals surface area (Å²) in [6.07, 6.45) is 1.53. The zero-order valence-electron chi connectivity index (χ0n) is 17.3. The molecule has 0 aliphatic carbocycles. The van der Waals surface area contributed by atoms with Gasteiger partial charge in [-0.3, -0.25) is 4.79 Å². The van der Waals surface area contributed by atoms with Crippen LogP contribution in [0.4, 0.5) is 23.0 Å². The summed E-state index contributed by atoms with van der Waals surface area (Å²) in [6.45, 7) is 3.32. The molecule has 32 heavy (non-hydrogen) atoms. The standard InChI is InChI=1S/C23H22N6O2S/c24-10-8-21(30)26-18-2-1-3-20(16-18)32-22-9-11-25-23(28-22)27-17-4-6-19(7-5-17)29-12-14-31-15-13-29/h1-7,9,11,16H,8,12-15H2,(H,26,30)(H,25,27,28). The lowest BCUT2D eigenvalue weighted by molar-refractivity contribution is -0.115. The topological polar surface area (TPSA) is 103 Å². The number of carbonyl (C=O) groups excluding carboxylic acids is 1. The molecule has 1 saturated heterocycles. The van der Waals surface area contributed by atoms with Gasteiger partial charge in [-0.15, -0.1) is 0 Å². The third kappa shape index (κ3) is 5.97. The van der Waals surface area contributed by atoms with E-state index in [0.717, 1.165) is 41.9 Å². The van der Waals surface area contributed by atoms with Crippen LogP contribution in [0.1, 0.15) is 6.42 Å². The number of morpholine rings is 1. The van der Waals surface area contributed by atoms with E-state index in [-0.39, 0.29) is 12.3 Å². The fourth-order valence-electron chi connectivity index (χ4n) is 3.20. The molecule has 1 aliphatic rings. The zero-order chi connectivity index (χ0) is 22.2. The number of ether oxygens (including phenoxy) is 1. The highest BCUT2D eigenvalue weighted by molar-refractivity contribution is 7.99. The molecule has 2 aromatic carbocycles. The number of carbonyl (C=O) groups is 1. The summed E-state index contributed by atoms with van der Waals surface area (Å²) in [6, 6.07) is 19.3. The van der Waals surface area contributed by atoms with E-state index in [1.165, 1.54) is 17.4 Å². The van der Waals surface area contributed by atoms with Crippen LogP contribution in [0.3, 0.4) is 0 Å². The Kier molecular flexibility index (Phi) is 7.17. The van der Waals surface area contributed by atoms with Gasteiger partial charge in [0.2, 0.25) is 11.9 Å². The van der Waals surface area contributed by atoms with E-state index in [0.29, 0.717) is 11.6 Å². The van der Waals surface area contributed by atoms with Crippen LogP contribution >= 0.6 is 11.8 Å². The van der Waals surface area contributed by atoms with Crippen molar-refractivity contribution < 1.29 is 9.53 Å². The Morgan fingerprint density at radius 3 is 2.72 bits per heavy atom. The minimum atomic E-state index is -0.331. The molecule has 0 spiro atoms. The van der Waals surface area contributed by atoms with Gasteiger partial charge in [-0.25, -0.2) is 9.97 Å². The van der Waals surface area contributed by atoms with Crippen LogP contribution in [0.25, 0.3) is 0 Å². The summed E-state index contributed by atoms with van der Waals surface area (Å²) in [4.78, 5) is 23.7. The van der Waals surface area contributed by atoms with Gasteiger partial charge in [0.15, 0.2) is 0 Å². The van der Waals surface area contributed by atoms with Crippen LogP contribution in [-0.4, -0.2) is 42.2 Å². The van der Waals surface area contributed by atoms with Crippen molar-refractivity contribution in [2.45, 2.75) is 16.3 Å². The monoisotopic (exact) mass is 446 g/mol. The van der Waals surface area contributed by atoms with Crippen LogP contribution in [0, 0.1) is 11.3 Å². The molecule has 9 heteroatoms. The maximum absolute atomic E-state index is 11.6. The summed E-state index contributed by atoms with van der Waals surface area (Å²) >= 11 is 1.46. The van der Waals surface area contributed by atoms with Gasteiger partial charge in [-0.05, 0) is 48.5 Å². The van der Waals surface area contributed by atoms with Crippen molar-refractivity contribution in [3.63, 3.8) is 0 Å². The van der Waals surface area contributed by atoms with E-state index < -0.39 is 0 Å². The molecule has 1 fully saturated rings. The summed E-state index contributed by atoms with van der Waals surface area (Å²) in [5.41, 5.74) is 2.72. The van der Waals surface area contributed by atoms with Gasteiger partial charge in [-0.1, -0.05) is 17.8 Å². The Bertz CT molecular complexity index is 1110. The number of aromatic nitrogens is 2. The Morgan fingerprint density at radius 2 is 1.94 bits per heavy atom. The normalized spacial score (nSPS) is 13.3. The first-order valence-corrected chi connectivity index (χ1v) is 11.0. The van der Waals surface area contributed by atoms with Crippen molar-refractivity contribution in [2.24, 2.45) is 0 Å². The predicted molar refractivity (Wildman–Crippen MR) is 124 cm³/mol. The second kappa shape index (κ2) is 10.6. The van der Waals surface area contributed by atoms with Gasteiger partial charge in [0, 0.05) is 41.2 Å². The van der Waals surface area contributed by atoms with Gasteiger partial charge in [0.1, 0.15) is 11.4 Å². The number of hydrogen-bond donors (Lipinski definition) is 2. The SMILES string of the molecule is N#CCC(=O)Nc1cccc(Sc2ccnc(Nc3ccc(N4CCOCC4)cc3)n2)c1. The summed E-state index contributed by atoms with van der Waals surface area (Å²) in [5.74, 6) is 0.176. The largest absolute Gasteiger partial charge is 0.378 e. The average molecular weight is 447 g/mol. The van der Waals surface area contributed by atoms with Crippen molar-refractivity contribution in [3.05, 3.63) is 60.8 Å². The van der Waals surface area contributed by atoms with Gasteiger partial charge >= 0.3 is 0 Å². The van der Waals surface area contributed by atoms with E-state index in [4.69, 9.17) is 10.00 Å². The van der Waals surface area contributed by atoms with Crippen molar-refractivity contribution >= 4 is 40.7 Å². The lowest BCUT2D eigenvalue weighted by Crippen LogP contribution is -2.36. The van der Waals surface area contributed by atoms with E-state index in [1.807, 2.05) is 42.5 Å². The summed E-state index contributed by atoms with van der Waals surface area (Å²) in [7, 11) is 0. The molecule has 0 unspecified atom stereocenters. The molecule has 1 aromatic heterocycles. The van der Waals surface area contributed by atoms with Crippen LogP contribution in [-0.2, 0) is 9.53 Å². The average Bonchev–Trinajstić information content (AvgIpc) is 2.81. The highest BCUT2D eigenvalue weighted by Gasteiger charge is 2.11. The number of anilines is 4. The maximum atomic E-state index is 11.6. The molecule has 2 heterocycles. The van der Waals surface area contributed by atoms with E-state index >= 15 is 0 Å². The fraction of sp³-hybridized carbons (Fsp3) is 0.217. The molecule has 0 radical (unpaired) electrons. The summed E-state index contributed by atoms with van der Waals surface area (Å²) in [5, 5.41) is 15.4. The molecule has 0 bridgehead atoms. The van der Waals surface area contributed by atoms with Crippen LogP contribution in [0.5, 0.6) is 0 Å². The van der Waals surface area contributed by atoms with Gasteiger partial charge in [0.25, 0.3) is 0 Å². The second-order valence-electron chi connectivity index (χ2n) is 7.00. The van der Waals surface area contributed by atoms with Crippen molar-refractivity contribution in [1.82, 2.24) is 9.97 Å². The minimum absolute atomic E-state index is 0.175. The number of rotatable bonds is 7. The maximum Gasteiger partial charge on any atom is 0.238 e.